The van der Waals surface area contributed by atoms with E-state index in [9.17, 15) is 0 Å². The van der Waals surface area contributed by atoms with Crippen LogP contribution in [0.2, 0.25) is 11.1 Å². The molecule has 24 heavy (non-hydrogen) atoms. The SMILES string of the molecule is Clc1ccccc1CC[Si](Cc1ccccc1)Cc1ccccc1. The fraction of sp³-hybridized carbons (Fsp3) is 0.182. The van der Waals surface area contributed by atoms with Crippen LogP contribution >= 0.6 is 11.6 Å². The predicted molar refractivity (Wildman–Crippen MR) is 106 cm³/mol. The van der Waals surface area contributed by atoms with Gasteiger partial charge in [0.05, 0.1) is 8.80 Å². The highest BCUT2D eigenvalue weighted by molar-refractivity contribution is 6.57. The molecule has 0 saturated carbocycles. The number of rotatable bonds is 7. The Kier molecular flexibility index (Phi) is 6.28. The van der Waals surface area contributed by atoms with Gasteiger partial charge < -0.3 is 0 Å². The van der Waals surface area contributed by atoms with Crippen molar-refractivity contribution < 1.29 is 0 Å². The van der Waals surface area contributed by atoms with Crippen molar-refractivity contribution in [1.82, 2.24) is 0 Å². The van der Waals surface area contributed by atoms with Gasteiger partial charge in [0.1, 0.15) is 0 Å². The number of halogens is 1. The molecular weight excluding hydrogens is 328 g/mol. The van der Waals surface area contributed by atoms with Crippen LogP contribution < -0.4 is 0 Å². The average molecular weight is 350 g/mol. The van der Waals surface area contributed by atoms with E-state index in [-0.39, 0.29) is 0 Å². The van der Waals surface area contributed by atoms with E-state index >= 15 is 0 Å². The van der Waals surface area contributed by atoms with E-state index in [4.69, 9.17) is 11.6 Å². The van der Waals surface area contributed by atoms with E-state index in [1.165, 1.54) is 34.8 Å². The van der Waals surface area contributed by atoms with Crippen molar-refractivity contribution in [3.8, 4) is 0 Å². The Balaban J connectivity index is 1.70. The first kappa shape index (κ1) is 17.0. The Labute approximate surface area is 151 Å². The molecule has 0 aliphatic rings. The highest BCUT2D eigenvalue weighted by atomic mass is 35.5. The molecule has 3 aromatic rings. The van der Waals surface area contributed by atoms with Gasteiger partial charge in [-0.05, 0) is 30.1 Å². The topological polar surface area (TPSA) is 0 Å². The van der Waals surface area contributed by atoms with Gasteiger partial charge in [-0.2, -0.15) is 0 Å². The summed E-state index contributed by atoms with van der Waals surface area (Å²) >= 11 is 6.34. The van der Waals surface area contributed by atoms with Crippen LogP contribution in [0.5, 0.6) is 0 Å². The van der Waals surface area contributed by atoms with Crippen molar-refractivity contribution in [1.29, 1.82) is 0 Å². The van der Waals surface area contributed by atoms with E-state index in [0.717, 1.165) is 11.4 Å². The normalized spacial score (nSPS) is 10.9. The minimum Gasteiger partial charge on any atom is -0.0840 e. The molecule has 0 aliphatic carbocycles. The Morgan fingerprint density at radius 2 is 1.12 bits per heavy atom. The number of benzene rings is 3. The Hall–Kier alpha value is -1.83. The van der Waals surface area contributed by atoms with Crippen molar-refractivity contribution in [2.45, 2.75) is 24.6 Å². The second-order valence-corrected chi connectivity index (χ2v) is 9.28. The molecule has 0 atom stereocenters. The summed E-state index contributed by atoms with van der Waals surface area (Å²) in [6, 6.07) is 33.7. The van der Waals surface area contributed by atoms with Crippen LogP contribution in [-0.2, 0) is 18.5 Å². The van der Waals surface area contributed by atoms with Crippen LogP contribution in [-0.4, -0.2) is 8.80 Å². The van der Waals surface area contributed by atoms with Crippen LogP contribution in [0.15, 0.2) is 84.9 Å². The molecule has 2 heteroatoms. The molecule has 0 bridgehead atoms. The second kappa shape index (κ2) is 8.86. The molecule has 0 N–H and O–H groups in total. The van der Waals surface area contributed by atoms with Gasteiger partial charge in [-0.1, -0.05) is 108 Å². The van der Waals surface area contributed by atoms with Crippen LogP contribution in [0.25, 0.3) is 0 Å². The standard InChI is InChI=1S/C22H22ClSi/c23-22-14-8-7-13-21(22)15-16-24(17-19-9-3-1-4-10-19)18-20-11-5-2-6-12-20/h1-14H,15-18H2. The summed E-state index contributed by atoms with van der Waals surface area (Å²) in [5.41, 5.74) is 4.20. The van der Waals surface area contributed by atoms with Crippen molar-refractivity contribution in [2.75, 3.05) is 0 Å². The largest absolute Gasteiger partial charge is 0.0840 e. The van der Waals surface area contributed by atoms with Crippen LogP contribution in [0.4, 0.5) is 0 Å². The summed E-state index contributed by atoms with van der Waals surface area (Å²) < 4.78 is 0. The van der Waals surface area contributed by atoms with Gasteiger partial charge in [0.25, 0.3) is 0 Å². The maximum Gasteiger partial charge on any atom is 0.0574 e. The van der Waals surface area contributed by atoms with Gasteiger partial charge in [-0.25, -0.2) is 0 Å². The lowest BCUT2D eigenvalue weighted by Gasteiger charge is -2.16. The number of hydrogen-bond donors (Lipinski definition) is 0. The van der Waals surface area contributed by atoms with Crippen molar-refractivity contribution in [3.63, 3.8) is 0 Å². The first-order valence-corrected chi connectivity index (χ1v) is 11.0. The summed E-state index contributed by atoms with van der Waals surface area (Å²) in [6.45, 7) is 0. The van der Waals surface area contributed by atoms with Gasteiger partial charge in [-0.3, -0.25) is 0 Å². The fourth-order valence-corrected chi connectivity index (χ4v) is 5.98. The van der Waals surface area contributed by atoms with Crippen molar-refractivity contribution in [3.05, 3.63) is 107 Å². The van der Waals surface area contributed by atoms with Gasteiger partial charge in [0, 0.05) is 5.02 Å². The lowest BCUT2D eigenvalue weighted by molar-refractivity contribution is 1.07. The third-order valence-corrected chi connectivity index (χ3v) is 7.44. The number of hydrogen-bond acceptors (Lipinski definition) is 0. The summed E-state index contributed by atoms with van der Waals surface area (Å²) in [5, 5.41) is 0.901. The minimum atomic E-state index is -0.522. The smallest absolute Gasteiger partial charge is 0.0574 e. The molecule has 0 amide bonds. The van der Waals surface area contributed by atoms with E-state index in [2.05, 4.69) is 72.8 Å². The van der Waals surface area contributed by atoms with Crippen molar-refractivity contribution >= 4 is 20.4 Å². The van der Waals surface area contributed by atoms with Gasteiger partial charge in [0.2, 0.25) is 0 Å². The average Bonchev–Trinajstić information content (AvgIpc) is 2.62. The Bertz CT molecular complexity index is 699. The van der Waals surface area contributed by atoms with E-state index < -0.39 is 8.80 Å². The molecule has 0 fully saturated rings. The zero-order chi connectivity index (χ0) is 16.6. The first-order chi connectivity index (χ1) is 11.8. The predicted octanol–water partition coefficient (Wildman–Crippen LogP) is 5.94. The summed E-state index contributed by atoms with van der Waals surface area (Å²) in [7, 11) is -0.522. The van der Waals surface area contributed by atoms with Crippen LogP contribution in [0.1, 0.15) is 16.7 Å². The summed E-state index contributed by atoms with van der Waals surface area (Å²) in [5.74, 6) is 0. The molecule has 3 rings (SSSR count). The Morgan fingerprint density at radius 1 is 0.625 bits per heavy atom. The molecule has 0 unspecified atom stereocenters. The highest BCUT2D eigenvalue weighted by Gasteiger charge is 2.14. The van der Waals surface area contributed by atoms with Crippen molar-refractivity contribution in [2.24, 2.45) is 0 Å². The van der Waals surface area contributed by atoms with Gasteiger partial charge >= 0.3 is 0 Å². The maximum absolute atomic E-state index is 6.34. The molecule has 0 aliphatic heterocycles. The zero-order valence-electron chi connectivity index (χ0n) is 13.8. The summed E-state index contributed by atoms with van der Waals surface area (Å²) in [6.07, 6.45) is 1.08. The Morgan fingerprint density at radius 3 is 1.67 bits per heavy atom. The monoisotopic (exact) mass is 349 g/mol. The van der Waals surface area contributed by atoms with Gasteiger partial charge in [0.15, 0.2) is 0 Å². The molecule has 1 radical (unpaired) electrons. The summed E-state index contributed by atoms with van der Waals surface area (Å²) in [4.78, 5) is 0. The second-order valence-electron chi connectivity index (χ2n) is 6.17. The van der Waals surface area contributed by atoms with Crippen LogP contribution in [0, 0.1) is 0 Å². The molecule has 0 saturated heterocycles. The van der Waals surface area contributed by atoms with E-state index in [0.29, 0.717) is 0 Å². The minimum absolute atomic E-state index is 0.522. The van der Waals surface area contributed by atoms with Crippen LogP contribution in [0.3, 0.4) is 0 Å². The molecule has 121 valence electrons. The van der Waals surface area contributed by atoms with E-state index in [1.54, 1.807) is 0 Å². The third kappa shape index (κ3) is 5.09. The molecular formula is C22H22ClSi. The molecule has 0 aromatic heterocycles. The fourth-order valence-electron chi connectivity index (χ4n) is 3.02. The highest BCUT2D eigenvalue weighted by Crippen LogP contribution is 2.20. The third-order valence-electron chi connectivity index (χ3n) is 4.30. The lowest BCUT2D eigenvalue weighted by Crippen LogP contribution is -2.21. The zero-order valence-corrected chi connectivity index (χ0v) is 15.5. The maximum atomic E-state index is 6.34. The molecule has 0 nitrogen and oxygen atoms in total. The van der Waals surface area contributed by atoms with E-state index in [1.807, 2.05) is 12.1 Å². The lowest BCUT2D eigenvalue weighted by atomic mass is 10.2. The quantitative estimate of drug-likeness (QED) is 0.463. The molecule has 0 spiro atoms. The van der Waals surface area contributed by atoms with Gasteiger partial charge in [-0.15, -0.1) is 0 Å². The first-order valence-electron chi connectivity index (χ1n) is 8.46. The molecule has 0 heterocycles. The number of aryl methyl sites for hydroxylation is 1. The molecule has 3 aromatic carbocycles.